The van der Waals surface area contributed by atoms with Crippen molar-refractivity contribution in [2.75, 3.05) is 18.4 Å². The lowest BCUT2D eigenvalue weighted by Crippen LogP contribution is -2.30. The Morgan fingerprint density at radius 3 is 2.82 bits per heavy atom. The van der Waals surface area contributed by atoms with Crippen molar-refractivity contribution in [3.8, 4) is 0 Å². The fourth-order valence-corrected chi connectivity index (χ4v) is 2.06. The number of carbonyl (C=O) groups is 1. The Hall–Kier alpha value is -2.63. The Labute approximate surface area is 129 Å². The summed E-state index contributed by atoms with van der Waals surface area (Å²) in [6.07, 6.45) is 5.14. The van der Waals surface area contributed by atoms with Crippen LogP contribution >= 0.6 is 0 Å². The van der Waals surface area contributed by atoms with E-state index >= 15 is 0 Å². The van der Waals surface area contributed by atoms with Crippen molar-refractivity contribution in [2.24, 2.45) is 0 Å². The highest BCUT2D eigenvalue weighted by atomic mass is 16.2. The fraction of sp³-hybridized carbons (Fsp3) is 0.312. The van der Waals surface area contributed by atoms with Gasteiger partial charge >= 0.3 is 0 Å². The molecule has 0 saturated heterocycles. The number of hydrogen-bond donors (Lipinski definition) is 2. The molecule has 2 rings (SSSR count). The topological polar surface area (TPSA) is 76.0 Å². The molecule has 0 radical (unpaired) electrons. The van der Waals surface area contributed by atoms with Crippen molar-refractivity contribution in [3.05, 3.63) is 58.3 Å². The summed E-state index contributed by atoms with van der Waals surface area (Å²) in [7, 11) is 0. The van der Waals surface area contributed by atoms with E-state index < -0.39 is 0 Å². The summed E-state index contributed by atoms with van der Waals surface area (Å²) in [5.74, 6) is -0.242. The molecule has 0 bridgehead atoms. The van der Waals surface area contributed by atoms with Gasteiger partial charge in [0, 0.05) is 55.5 Å². The monoisotopic (exact) mass is 300 g/mol. The molecular weight excluding hydrogens is 280 g/mol. The van der Waals surface area contributed by atoms with E-state index in [2.05, 4.69) is 15.6 Å². The maximum Gasteiger partial charge on any atom is 0.251 e. The molecule has 2 heterocycles. The molecule has 0 unspecified atom stereocenters. The number of anilines is 1. The van der Waals surface area contributed by atoms with Gasteiger partial charge in [-0.15, -0.1) is 0 Å². The van der Waals surface area contributed by atoms with Crippen LogP contribution in [0.4, 0.5) is 5.69 Å². The van der Waals surface area contributed by atoms with Gasteiger partial charge in [-0.05, 0) is 31.5 Å². The number of amides is 1. The molecule has 2 aromatic rings. The van der Waals surface area contributed by atoms with Gasteiger partial charge in [0.05, 0.1) is 0 Å². The number of carbonyl (C=O) groups excluding carboxylic acids is 1. The molecule has 0 aliphatic heterocycles. The molecule has 0 aliphatic rings. The number of aryl methyl sites for hydroxylation is 2. The van der Waals surface area contributed by atoms with Gasteiger partial charge < -0.3 is 15.2 Å². The van der Waals surface area contributed by atoms with Crippen LogP contribution in [0.25, 0.3) is 0 Å². The van der Waals surface area contributed by atoms with E-state index in [1.807, 2.05) is 19.9 Å². The summed E-state index contributed by atoms with van der Waals surface area (Å²) in [4.78, 5) is 27.7. The normalized spacial score (nSPS) is 10.3. The number of hydrogen-bond acceptors (Lipinski definition) is 4. The average molecular weight is 300 g/mol. The Balaban J connectivity index is 1.84. The maximum atomic E-state index is 12.0. The zero-order valence-electron chi connectivity index (χ0n) is 12.8. The lowest BCUT2D eigenvalue weighted by atomic mass is 10.2. The van der Waals surface area contributed by atoms with Crippen molar-refractivity contribution < 1.29 is 4.79 Å². The van der Waals surface area contributed by atoms with Gasteiger partial charge in [-0.25, -0.2) is 0 Å². The van der Waals surface area contributed by atoms with Crippen molar-refractivity contribution in [1.29, 1.82) is 0 Å². The molecule has 1 amide bonds. The minimum Gasteiger partial charge on any atom is -0.383 e. The number of rotatable bonds is 6. The van der Waals surface area contributed by atoms with E-state index in [0.717, 1.165) is 11.3 Å². The van der Waals surface area contributed by atoms with Crippen LogP contribution in [0.15, 0.2) is 41.6 Å². The largest absolute Gasteiger partial charge is 0.383 e. The molecule has 116 valence electrons. The second-order valence-corrected chi connectivity index (χ2v) is 4.91. The first-order valence-corrected chi connectivity index (χ1v) is 7.25. The van der Waals surface area contributed by atoms with E-state index in [9.17, 15) is 9.59 Å². The predicted octanol–water partition coefficient (Wildman–Crippen LogP) is 1.41. The molecule has 22 heavy (non-hydrogen) atoms. The standard InChI is InChI=1S/C16H20N4O2/c1-3-20-9-5-13(10-15(20)21)16(22)19-8-7-18-14-4-6-17-11-12(14)2/h4-6,9-11H,3,7-8H2,1-2H3,(H,17,18)(H,19,22). The molecule has 6 nitrogen and oxygen atoms in total. The fourth-order valence-electron chi connectivity index (χ4n) is 2.06. The quantitative estimate of drug-likeness (QED) is 0.791. The SMILES string of the molecule is CCn1ccc(C(=O)NCCNc2ccncc2C)cc1=O. The highest BCUT2D eigenvalue weighted by molar-refractivity contribution is 5.93. The van der Waals surface area contributed by atoms with E-state index in [-0.39, 0.29) is 11.5 Å². The van der Waals surface area contributed by atoms with E-state index in [1.54, 1.807) is 29.2 Å². The van der Waals surface area contributed by atoms with Crippen LogP contribution in [0.3, 0.4) is 0 Å². The first-order valence-electron chi connectivity index (χ1n) is 7.25. The van der Waals surface area contributed by atoms with Gasteiger partial charge in [0.15, 0.2) is 0 Å². The Bertz CT molecular complexity index is 709. The van der Waals surface area contributed by atoms with Crippen LogP contribution < -0.4 is 16.2 Å². The zero-order valence-corrected chi connectivity index (χ0v) is 12.8. The van der Waals surface area contributed by atoms with Gasteiger partial charge in [0.25, 0.3) is 11.5 Å². The second-order valence-electron chi connectivity index (χ2n) is 4.91. The van der Waals surface area contributed by atoms with Crippen LogP contribution in [0.1, 0.15) is 22.8 Å². The van der Waals surface area contributed by atoms with Crippen molar-refractivity contribution in [2.45, 2.75) is 20.4 Å². The highest BCUT2D eigenvalue weighted by Gasteiger charge is 2.06. The van der Waals surface area contributed by atoms with Gasteiger partial charge in [-0.2, -0.15) is 0 Å². The van der Waals surface area contributed by atoms with E-state index in [0.29, 0.717) is 25.2 Å². The first-order chi connectivity index (χ1) is 10.6. The molecule has 2 N–H and O–H groups in total. The van der Waals surface area contributed by atoms with E-state index in [4.69, 9.17) is 0 Å². The number of pyridine rings is 2. The first kappa shape index (κ1) is 15.8. The predicted molar refractivity (Wildman–Crippen MR) is 86.2 cm³/mol. The van der Waals surface area contributed by atoms with Crippen molar-refractivity contribution in [1.82, 2.24) is 14.9 Å². The third-order valence-electron chi connectivity index (χ3n) is 3.35. The zero-order chi connectivity index (χ0) is 15.9. The minimum absolute atomic E-state index is 0.166. The molecule has 0 aromatic carbocycles. The molecule has 0 saturated carbocycles. The van der Waals surface area contributed by atoms with Gasteiger partial charge in [0.2, 0.25) is 0 Å². The minimum atomic E-state index is -0.242. The Morgan fingerprint density at radius 2 is 2.14 bits per heavy atom. The second kappa shape index (κ2) is 7.40. The van der Waals surface area contributed by atoms with Crippen molar-refractivity contribution >= 4 is 11.6 Å². The Kier molecular flexibility index (Phi) is 5.30. The van der Waals surface area contributed by atoms with Crippen LogP contribution in [0, 0.1) is 6.92 Å². The summed E-state index contributed by atoms with van der Waals surface area (Å²) in [5.41, 5.74) is 2.27. The van der Waals surface area contributed by atoms with Gasteiger partial charge in [0.1, 0.15) is 0 Å². The molecule has 0 aliphatic carbocycles. The average Bonchev–Trinajstić information content (AvgIpc) is 2.52. The Morgan fingerprint density at radius 1 is 1.32 bits per heavy atom. The summed E-state index contributed by atoms with van der Waals surface area (Å²) in [6.45, 7) is 5.51. The van der Waals surface area contributed by atoms with Gasteiger partial charge in [-0.3, -0.25) is 14.6 Å². The van der Waals surface area contributed by atoms with E-state index in [1.165, 1.54) is 6.07 Å². The molecule has 2 aromatic heterocycles. The number of nitrogens with zero attached hydrogens (tertiary/aromatic N) is 2. The summed E-state index contributed by atoms with van der Waals surface area (Å²) >= 11 is 0. The maximum absolute atomic E-state index is 12.0. The molecule has 0 spiro atoms. The van der Waals surface area contributed by atoms with Crippen molar-refractivity contribution in [3.63, 3.8) is 0 Å². The summed E-state index contributed by atoms with van der Waals surface area (Å²) < 4.78 is 1.55. The van der Waals surface area contributed by atoms with Crippen LogP contribution in [0.2, 0.25) is 0 Å². The third kappa shape index (κ3) is 3.94. The third-order valence-corrected chi connectivity index (χ3v) is 3.35. The number of nitrogens with one attached hydrogen (secondary N) is 2. The summed E-state index contributed by atoms with van der Waals surface area (Å²) in [5, 5.41) is 6.02. The molecular formula is C16H20N4O2. The van der Waals surface area contributed by atoms with Gasteiger partial charge in [-0.1, -0.05) is 0 Å². The molecule has 0 atom stereocenters. The van der Waals surface area contributed by atoms with Crippen LogP contribution in [0.5, 0.6) is 0 Å². The molecule has 6 heteroatoms. The van der Waals surface area contributed by atoms with Crippen LogP contribution in [-0.4, -0.2) is 28.5 Å². The number of aromatic nitrogens is 2. The molecule has 0 fully saturated rings. The van der Waals surface area contributed by atoms with Crippen LogP contribution in [-0.2, 0) is 6.54 Å². The smallest absolute Gasteiger partial charge is 0.251 e. The highest BCUT2D eigenvalue weighted by Crippen LogP contribution is 2.10. The lowest BCUT2D eigenvalue weighted by Gasteiger charge is -2.10. The summed E-state index contributed by atoms with van der Waals surface area (Å²) in [6, 6.07) is 4.90. The lowest BCUT2D eigenvalue weighted by molar-refractivity contribution is 0.0955.